The topological polar surface area (TPSA) is 25.4 Å². The Bertz CT molecular complexity index is 554. The highest BCUT2D eigenvalue weighted by Crippen LogP contribution is 2.31. The highest BCUT2D eigenvalue weighted by atomic mass is 16.5. The highest BCUT2D eigenvalue weighted by Gasteiger charge is 2.18. The lowest BCUT2D eigenvalue weighted by molar-refractivity contribution is 0.302. The van der Waals surface area contributed by atoms with Crippen molar-refractivity contribution in [2.45, 2.75) is 19.4 Å². The van der Waals surface area contributed by atoms with E-state index in [1.807, 2.05) is 30.5 Å². The van der Waals surface area contributed by atoms with Gasteiger partial charge in [-0.2, -0.15) is 0 Å². The van der Waals surface area contributed by atoms with E-state index in [1.165, 1.54) is 11.1 Å². The van der Waals surface area contributed by atoms with Crippen LogP contribution in [0.5, 0.6) is 5.75 Å². The quantitative estimate of drug-likeness (QED) is 0.841. The third-order valence-electron chi connectivity index (χ3n) is 3.51. The van der Waals surface area contributed by atoms with Crippen LogP contribution in [-0.4, -0.2) is 18.6 Å². The molecule has 0 unspecified atom stereocenters. The Morgan fingerprint density at radius 3 is 2.89 bits per heavy atom. The van der Waals surface area contributed by atoms with E-state index in [0.717, 1.165) is 31.0 Å². The molecule has 1 aromatic heterocycles. The molecule has 1 aliphatic heterocycles. The molecule has 0 spiro atoms. The zero-order valence-corrected chi connectivity index (χ0v) is 11.2. The van der Waals surface area contributed by atoms with Gasteiger partial charge in [-0.05, 0) is 24.5 Å². The van der Waals surface area contributed by atoms with Crippen molar-refractivity contribution in [3.63, 3.8) is 0 Å². The largest absolute Gasteiger partial charge is 0.488 e. The standard InChI is InChI=1S/C16H18N2O/c1-18-11-5-8-14-15(9-10-17-16(14)18)19-12-13-6-3-2-4-7-13/h2-4,6-7,9-10H,5,8,11-12H2,1H3. The van der Waals surface area contributed by atoms with Gasteiger partial charge in [0.15, 0.2) is 0 Å². The fourth-order valence-electron chi connectivity index (χ4n) is 2.50. The molecule has 0 atom stereocenters. The van der Waals surface area contributed by atoms with E-state index in [1.54, 1.807) is 0 Å². The van der Waals surface area contributed by atoms with Crippen molar-refractivity contribution in [2.75, 3.05) is 18.5 Å². The molecule has 1 aromatic carbocycles. The van der Waals surface area contributed by atoms with E-state index in [0.29, 0.717) is 6.61 Å². The zero-order valence-electron chi connectivity index (χ0n) is 11.2. The Morgan fingerprint density at radius 2 is 2.05 bits per heavy atom. The number of nitrogens with zero attached hydrogens (tertiary/aromatic N) is 2. The summed E-state index contributed by atoms with van der Waals surface area (Å²) in [7, 11) is 2.09. The molecule has 0 radical (unpaired) electrons. The van der Waals surface area contributed by atoms with E-state index < -0.39 is 0 Å². The summed E-state index contributed by atoms with van der Waals surface area (Å²) in [5, 5.41) is 0. The van der Waals surface area contributed by atoms with Crippen LogP contribution in [0, 0.1) is 0 Å². The molecule has 2 aromatic rings. The van der Waals surface area contributed by atoms with E-state index in [-0.39, 0.29) is 0 Å². The van der Waals surface area contributed by atoms with E-state index >= 15 is 0 Å². The van der Waals surface area contributed by atoms with Gasteiger partial charge in [-0.1, -0.05) is 30.3 Å². The van der Waals surface area contributed by atoms with E-state index in [4.69, 9.17) is 4.74 Å². The molecular formula is C16H18N2O. The highest BCUT2D eigenvalue weighted by molar-refractivity contribution is 5.54. The minimum absolute atomic E-state index is 0.612. The lowest BCUT2D eigenvalue weighted by atomic mass is 10.1. The predicted molar refractivity (Wildman–Crippen MR) is 76.6 cm³/mol. The Morgan fingerprint density at radius 1 is 1.21 bits per heavy atom. The Balaban J connectivity index is 1.80. The first-order valence-electron chi connectivity index (χ1n) is 6.70. The third-order valence-corrected chi connectivity index (χ3v) is 3.51. The first kappa shape index (κ1) is 12.0. The molecule has 2 heterocycles. The summed E-state index contributed by atoms with van der Waals surface area (Å²) in [5.74, 6) is 2.04. The number of anilines is 1. The minimum Gasteiger partial charge on any atom is -0.488 e. The Labute approximate surface area is 113 Å². The van der Waals surface area contributed by atoms with Gasteiger partial charge in [-0.25, -0.2) is 4.98 Å². The maximum absolute atomic E-state index is 5.97. The summed E-state index contributed by atoms with van der Waals surface area (Å²) < 4.78 is 5.97. The predicted octanol–water partition coefficient (Wildman–Crippen LogP) is 3.04. The number of pyridine rings is 1. The van der Waals surface area contributed by atoms with Crippen molar-refractivity contribution in [1.29, 1.82) is 0 Å². The second-order valence-electron chi connectivity index (χ2n) is 4.91. The van der Waals surface area contributed by atoms with Crippen molar-refractivity contribution in [2.24, 2.45) is 0 Å². The molecule has 0 fully saturated rings. The number of ether oxygens (including phenoxy) is 1. The molecule has 98 valence electrons. The van der Waals surface area contributed by atoms with Crippen molar-refractivity contribution >= 4 is 5.82 Å². The van der Waals surface area contributed by atoms with E-state index in [9.17, 15) is 0 Å². The second-order valence-corrected chi connectivity index (χ2v) is 4.91. The average molecular weight is 254 g/mol. The maximum Gasteiger partial charge on any atom is 0.135 e. The fourth-order valence-corrected chi connectivity index (χ4v) is 2.50. The van der Waals surface area contributed by atoms with Crippen molar-refractivity contribution in [1.82, 2.24) is 4.98 Å². The van der Waals surface area contributed by atoms with Gasteiger partial charge in [-0.3, -0.25) is 0 Å². The first-order chi connectivity index (χ1) is 9.34. The lowest BCUT2D eigenvalue weighted by Crippen LogP contribution is -2.26. The normalized spacial score (nSPS) is 14.1. The van der Waals surface area contributed by atoms with Gasteiger partial charge in [0, 0.05) is 25.4 Å². The molecule has 1 aliphatic rings. The van der Waals surface area contributed by atoms with Crippen LogP contribution >= 0.6 is 0 Å². The van der Waals surface area contributed by atoms with Crippen LogP contribution < -0.4 is 9.64 Å². The first-order valence-corrected chi connectivity index (χ1v) is 6.70. The fraction of sp³-hybridized carbons (Fsp3) is 0.312. The summed E-state index contributed by atoms with van der Waals surface area (Å²) >= 11 is 0. The zero-order chi connectivity index (χ0) is 13.1. The molecular weight excluding hydrogens is 236 g/mol. The van der Waals surface area contributed by atoms with Crippen LogP contribution in [0.15, 0.2) is 42.6 Å². The lowest BCUT2D eigenvalue weighted by Gasteiger charge is -2.27. The monoisotopic (exact) mass is 254 g/mol. The molecule has 3 nitrogen and oxygen atoms in total. The molecule has 0 aliphatic carbocycles. The molecule has 3 rings (SSSR count). The molecule has 0 saturated heterocycles. The van der Waals surface area contributed by atoms with Crippen LogP contribution in [-0.2, 0) is 13.0 Å². The van der Waals surface area contributed by atoms with Crippen molar-refractivity contribution < 1.29 is 4.74 Å². The van der Waals surface area contributed by atoms with Gasteiger partial charge in [0.05, 0.1) is 0 Å². The number of fused-ring (bicyclic) bond motifs is 1. The second kappa shape index (κ2) is 5.31. The SMILES string of the molecule is CN1CCCc2c(OCc3ccccc3)ccnc21. The summed E-state index contributed by atoms with van der Waals surface area (Å²) in [6, 6.07) is 12.2. The van der Waals surface area contributed by atoms with Gasteiger partial charge in [-0.15, -0.1) is 0 Å². The minimum atomic E-state index is 0.612. The Kier molecular flexibility index (Phi) is 3.36. The Hall–Kier alpha value is -2.03. The third kappa shape index (κ3) is 2.55. The van der Waals surface area contributed by atoms with E-state index in [2.05, 4.69) is 29.1 Å². The summed E-state index contributed by atoms with van der Waals surface area (Å²) in [4.78, 5) is 6.66. The molecule has 19 heavy (non-hydrogen) atoms. The van der Waals surface area contributed by atoms with Crippen LogP contribution in [0.4, 0.5) is 5.82 Å². The number of aromatic nitrogens is 1. The number of hydrogen-bond acceptors (Lipinski definition) is 3. The van der Waals surface area contributed by atoms with Crippen LogP contribution in [0.1, 0.15) is 17.5 Å². The molecule has 0 N–H and O–H groups in total. The summed E-state index contributed by atoms with van der Waals surface area (Å²) in [6.45, 7) is 1.68. The summed E-state index contributed by atoms with van der Waals surface area (Å²) in [6.07, 6.45) is 4.05. The van der Waals surface area contributed by atoms with Crippen molar-refractivity contribution in [3.05, 3.63) is 53.7 Å². The number of hydrogen-bond donors (Lipinski definition) is 0. The van der Waals surface area contributed by atoms with Crippen LogP contribution in [0.25, 0.3) is 0 Å². The van der Waals surface area contributed by atoms with Gasteiger partial charge in [0.1, 0.15) is 18.2 Å². The average Bonchev–Trinajstić information content (AvgIpc) is 2.47. The van der Waals surface area contributed by atoms with Gasteiger partial charge < -0.3 is 9.64 Å². The van der Waals surface area contributed by atoms with Crippen LogP contribution in [0.2, 0.25) is 0 Å². The molecule has 3 heteroatoms. The smallest absolute Gasteiger partial charge is 0.135 e. The van der Waals surface area contributed by atoms with Crippen molar-refractivity contribution in [3.8, 4) is 5.75 Å². The van der Waals surface area contributed by atoms with Gasteiger partial charge in [0.25, 0.3) is 0 Å². The van der Waals surface area contributed by atoms with Gasteiger partial charge >= 0.3 is 0 Å². The number of rotatable bonds is 3. The van der Waals surface area contributed by atoms with Crippen LogP contribution in [0.3, 0.4) is 0 Å². The molecule has 0 amide bonds. The van der Waals surface area contributed by atoms with Gasteiger partial charge in [0.2, 0.25) is 0 Å². The molecule has 0 saturated carbocycles. The number of benzene rings is 1. The summed E-state index contributed by atoms with van der Waals surface area (Å²) in [5.41, 5.74) is 2.43. The molecule has 0 bridgehead atoms. The maximum atomic E-state index is 5.97.